The summed E-state index contributed by atoms with van der Waals surface area (Å²) in [6.07, 6.45) is 20.5. The molecular weight excluding hydrogens is 813 g/mol. The fourth-order valence-corrected chi connectivity index (χ4v) is 9.22. The first-order valence-corrected chi connectivity index (χ1v) is 23.0. The molecule has 2 N–H and O–H groups in total. The van der Waals surface area contributed by atoms with E-state index in [9.17, 15) is 19.5 Å². The minimum Gasteiger partial charge on any atom is -0.510 e. The van der Waals surface area contributed by atoms with E-state index in [4.69, 9.17) is 24.5 Å². The Morgan fingerprint density at radius 2 is 1.48 bits per heavy atom. The normalized spacial score (nSPS) is 18.2. The Hall–Kier alpha value is -6.16. The molecule has 0 saturated heterocycles. The Morgan fingerprint density at radius 3 is 2.17 bits per heavy atom. The first-order valence-electron chi connectivity index (χ1n) is 23.0. The molecule has 5 heterocycles. The molecule has 0 fully saturated rings. The van der Waals surface area contributed by atoms with Crippen LogP contribution in [-0.4, -0.2) is 58.7 Å². The van der Waals surface area contributed by atoms with Crippen molar-refractivity contribution >= 4 is 47.0 Å². The van der Waals surface area contributed by atoms with Crippen molar-refractivity contribution in [1.82, 2.24) is 4.98 Å². The Morgan fingerprint density at radius 1 is 0.800 bits per heavy atom. The zero-order chi connectivity index (χ0) is 47.3. The molecular formula is C55H66N4O6. The summed E-state index contributed by atoms with van der Waals surface area (Å²) in [7, 11) is 1.29. The number of allylic oxidation sites excluding steroid dienone is 13. The minimum atomic E-state index is -1.18. The summed E-state index contributed by atoms with van der Waals surface area (Å²) in [5.41, 5.74) is 15.2. The predicted octanol–water partition coefficient (Wildman–Crippen LogP) is 11.0. The highest BCUT2D eigenvalue weighted by atomic mass is 16.5. The van der Waals surface area contributed by atoms with Crippen molar-refractivity contribution in [3.05, 3.63) is 137 Å². The molecule has 10 nitrogen and oxygen atoms in total. The number of Topliss-reactive ketones (excluding diaryl/α,β-unsaturated/α-hetero) is 1. The number of aliphatic imine (C=N–C) groups is 3. The number of fused-ring (bicyclic) bond motifs is 5. The zero-order valence-electron chi connectivity index (χ0n) is 40.4. The first kappa shape index (κ1) is 48.3. The van der Waals surface area contributed by atoms with Crippen LogP contribution in [-0.2, 0) is 19.1 Å². The number of ketones is 1. The number of methoxy groups -OCH3 is 1. The van der Waals surface area contributed by atoms with Gasteiger partial charge in [0.2, 0.25) is 0 Å². The van der Waals surface area contributed by atoms with E-state index in [1.54, 1.807) is 6.92 Å². The standard InChI is InChI=1S/C55H66N4O6/c1-13-39-34(7)41-29-46-48(38(11)60)36(9)43(57-46)27-42-35(8)40(52(58-42)50-51(55(63)64-12)54(62)49-37(10)44(59-53(49)50)28-45(39)56-41)23-24-47(61)65-26-25-33(6)22-16-21-32(5)20-15-19-31(4)18-14-17-30(2)3/h17,21,25,27-29,51,57,62H,4,13-16,18-20,22-24,26H2,1-3,5-12H3/b32-21+,33-25-,43-27?,45-28?,46-29?,52-50?/t51-/m0/s1. The lowest BCUT2D eigenvalue weighted by Gasteiger charge is -2.15. The largest absolute Gasteiger partial charge is 0.510 e. The number of aliphatic hydroxyl groups excluding tert-OH is 1. The van der Waals surface area contributed by atoms with Gasteiger partial charge < -0.3 is 19.6 Å². The van der Waals surface area contributed by atoms with Crippen LogP contribution in [0.15, 0.2) is 130 Å². The van der Waals surface area contributed by atoms with Gasteiger partial charge in [-0.2, -0.15) is 0 Å². The molecule has 5 aliphatic rings. The highest BCUT2D eigenvalue weighted by molar-refractivity contribution is 6.28. The molecule has 1 aliphatic carbocycles. The molecule has 8 bridgehead atoms. The maximum atomic E-state index is 13.6. The summed E-state index contributed by atoms with van der Waals surface area (Å²) >= 11 is 0. The molecule has 0 unspecified atom stereocenters. The number of aromatic nitrogens is 1. The average Bonchev–Trinajstić information content (AvgIpc) is 4.00. The van der Waals surface area contributed by atoms with E-state index in [0.29, 0.717) is 62.2 Å². The van der Waals surface area contributed by atoms with E-state index in [2.05, 4.69) is 58.3 Å². The number of carbonyl (C=O) groups is 3. The Balaban J connectivity index is 1.26. The van der Waals surface area contributed by atoms with Gasteiger partial charge in [0, 0.05) is 28.5 Å². The number of nitrogens with one attached hydrogen (secondary N) is 1. The van der Waals surface area contributed by atoms with Crippen LogP contribution in [0, 0.1) is 12.8 Å². The van der Waals surface area contributed by atoms with E-state index in [-0.39, 0.29) is 37.0 Å². The Bertz CT molecular complexity index is 2750. The molecule has 6 rings (SSSR count). The smallest absolute Gasteiger partial charge is 0.321 e. The van der Waals surface area contributed by atoms with Gasteiger partial charge in [0.1, 0.15) is 18.3 Å². The van der Waals surface area contributed by atoms with E-state index in [1.165, 1.54) is 23.8 Å². The van der Waals surface area contributed by atoms with Crippen LogP contribution < -0.4 is 10.7 Å². The molecule has 0 spiro atoms. The molecule has 65 heavy (non-hydrogen) atoms. The second-order valence-corrected chi connectivity index (χ2v) is 18.1. The lowest BCUT2D eigenvalue weighted by molar-refractivity contribution is -0.144. The number of ether oxygens (including phenoxy) is 2. The average molecular weight is 879 g/mol. The number of aliphatic hydroxyl groups is 1. The highest BCUT2D eigenvalue weighted by Crippen LogP contribution is 2.48. The lowest BCUT2D eigenvalue weighted by atomic mass is 9.92. The first-order chi connectivity index (χ1) is 30.9. The van der Waals surface area contributed by atoms with Crippen molar-refractivity contribution in [2.45, 2.75) is 133 Å². The number of nitrogens with zero attached hydrogens (tertiary/aromatic N) is 3. The van der Waals surface area contributed by atoms with Gasteiger partial charge in [0.05, 0.1) is 46.7 Å². The van der Waals surface area contributed by atoms with Crippen LogP contribution in [0.4, 0.5) is 0 Å². The molecule has 0 amide bonds. The molecule has 0 aromatic carbocycles. The van der Waals surface area contributed by atoms with Gasteiger partial charge in [0.25, 0.3) is 0 Å². The highest BCUT2D eigenvalue weighted by Gasteiger charge is 2.47. The van der Waals surface area contributed by atoms with Crippen LogP contribution in [0.3, 0.4) is 0 Å². The molecule has 1 aromatic heterocycles. The van der Waals surface area contributed by atoms with Gasteiger partial charge >= 0.3 is 11.9 Å². The number of H-pyrrole nitrogens is 1. The van der Waals surface area contributed by atoms with Crippen molar-refractivity contribution in [3.8, 4) is 0 Å². The molecule has 1 atom stereocenters. The van der Waals surface area contributed by atoms with Gasteiger partial charge in [-0.05, 0) is 178 Å². The predicted molar refractivity (Wildman–Crippen MR) is 263 cm³/mol. The molecule has 0 radical (unpaired) electrons. The van der Waals surface area contributed by atoms with E-state index in [1.807, 2.05) is 52.0 Å². The molecule has 4 aliphatic heterocycles. The van der Waals surface area contributed by atoms with Crippen LogP contribution >= 0.6 is 0 Å². The van der Waals surface area contributed by atoms with Crippen LogP contribution in [0.5, 0.6) is 0 Å². The van der Waals surface area contributed by atoms with Crippen LogP contribution in [0.2, 0.25) is 0 Å². The molecule has 342 valence electrons. The number of esters is 2. The summed E-state index contributed by atoms with van der Waals surface area (Å²) in [6.45, 7) is 24.3. The van der Waals surface area contributed by atoms with Crippen molar-refractivity contribution in [2.75, 3.05) is 13.7 Å². The zero-order valence-corrected chi connectivity index (χ0v) is 40.4. The SMILES string of the molecule is C=C(CCC=C(C)C)CCC/C(C)=C/CC/C(C)=C\COC(=O)CCC1=C(C)C2=NC1=C1C3=NC(=C(C)C3=C(O)[C@H]1C(=O)OC)C=C1N=C(C=c3[nH]c(c(C)c3C(C)=O)=C2)C(C)=C1CC. The van der Waals surface area contributed by atoms with E-state index >= 15 is 0 Å². The maximum Gasteiger partial charge on any atom is 0.321 e. The third kappa shape index (κ3) is 10.5. The number of rotatable bonds is 18. The van der Waals surface area contributed by atoms with Crippen LogP contribution in [0.1, 0.15) is 142 Å². The van der Waals surface area contributed by atoms with Crippen molar-refractivity contribution in [1.29, 1.82) is 0 Å². The molecule has 10 heteroatoms. The third-order valence-electron chi connectivity index (χ3n) is 13.0. The van der Waals surface area contributed by atoms with Gasteiger partial charge in [-0.25, -0.2) is 15.0 Å². The number of carbonyl (C=O) groups excluding carboxylic acids is 3. The van der Waals surface area contributed by atoms with Gasteiger partial charge in [0.15, 0.2) is 5.78 Å². The van der Waals surface area contributed by atoms with E-state index in [0.717, 1.165) is 89.8 Å². The van der Waals surface area contributed by atoms with Gasteiger partial charge in [-0.15, -0.1) is 0 Å². The van der Waals surface area contributed by atoms with Crippen molar-refractivity contribution < 1.29 is 29.0 Å². The monoisotopic (exact) mass is 878 g/mol. The number of hydrogen-bond donors (Lipinski definition) is 2. The molecule has 0 saturated carbocycles. The second-order valence-electron chi connectivity index (χ2n) is 18.1. The second kappa shape index (κ2) is 20.8. The molecule has 1 aromatic rings. The quantitative estimate of drug-likeness (QED) is 0.0854. The summed E-state index contributed by atoms with van der Waals surface area (Å²) in [5.74, 6) is -2.44. The summed E-state index contributed by atoms with van der Waals surface area (Å²) in [4.78, 5) is 58.9. The minimum absolute atomic E-state index is 0.0550. The number of aromatic amines is 1. The van der Waals surface area contributed by atoms with E-state index < -0.39 is 11.9 Å². The fourth-order valence-electron chi connectivity index (χ4n) is 9.22. The Labute approximate surface area is 384 Å². The van der Waals surface area contributed by atoms with Crippen molar-refractivity contribution in [3.63, 3.8) is 0 Å². The maximum absolute atomic E-state index is 13.6. The van der Waals surface area contributed by atoms with Gasteiger partial charge in [-0.1, -0.05) is 47.9 Å². The topological polar surface area (TPSA) is 143 Å². The summed E-state index contributed by atoms with van der Waals surface area (Å²) in [5, 5.41) is 13.2. The van der Waals surface area contributed by atoms with Crippen LogP contribution in [0.25, 0.3) is 12.2 Å². The fraction of sp³-hybridized carbons (Fsp3) is 0.418. The van der Waals surface area contributed by atoms with Gasteiger partial charge in [-0.3, -0.25) is 14.4 Å². The summed E-state index contributed by atoms with van der Waals surface area (Å²) in [6, 6.07) is 0. The third-order valence-corrected chi connectivity index (χ3v) is 13.0. The van der Waals surface area contributed by atoms with Crippen molar-refractivity contribution in [2.24, 2.45) is 20.9 Å². The lowest BCUT2D eigenvalue weighted by Crippen LogP contribution is -2.21. The number of hydrogen-bond acceptors (Lipinski definition) is 9. The summed E-state index contributed by atoms with van der Waals surface area (Å²) < 4.78 is 11.0. The Kier molecular flexibility index (Phi) is 15.4.